The Morgan fingerprint density at radius 3 is 2.58 bits per heavy atom. The van der Waals surface area contributed by atoms with E-state index in [1.54, 1.807) is 7.11 Å². The summed E-state index contributed by atoms with van der Waals surface area (Å²) in [6, 6.07) is 14.4. The van der Waals surface area contributed by atoms with Gasteiger partial charge in [0.1, 0.15) is 6.61 Å². The summed E-state index contributed by atoms with van der Waals surface area (Å²) in [4.78, 5) is 0. The van der Waals surface area contributed by atoms with Gasteiger partial charge in [-0.25, -0.2) is 0 Å². The largest absolute Gasteiger partial charge is 0.493 e. The van der Waals surface area contributed by atoms with Gasteiger partial charge in [0.05, 0.1) is 7.11 Å². The van der Waals surface area contributed by atoms with E-state index in [2.05, 4.69) is 43.4 Å². The molecule has 0 radical (unpaired) electrons. The van der Waals surface area contributed by atoms with E-state index < -0.39 is 0 Å². The van der Waals surface area contributed by atoms with Crippen LogP contribution < -0.4 is 14.8 Å². The van der Waals surface area contributed by atoms with E-state index in [4.69, 9.17) is 9.47 Å². The van der Waals surface area contributed by atoms with Crippen LogP contribution in [0.15, 0.2) is 42.5 Å². The molecule has 0 spiro atoms. The molecule has 2 aromatic rings. The zero-order valence-electron chi connectivity index (χ0n) is 15.1. The van der Waals surface area contributed by atoms with Crippen LogP contribution in [0.4, 0.5) is 0 Å². The van der Waals surface area contributed by atoms with Gasteiger partial charge in [-0.1, -0.05) is 50.1 Å². The number of hydrogen-bond acceptors (Lipinski definition) is 3. The summed E-state index contributed by atoms with van der Waals surface area (Å²) in [7, 11) is 1.69. The first-order valence-electron chi connectivity index (χ1n) is 8.79. The molecule has 1 N–H and O–H groups in total. The van der Waals surface area contributed by atoms with Crippen LogP contribution in [0.25, 0.3) is 0 Å². The van der Waals surface area contributed by atoms with Crippen molar-refractivity contribution in [3.63, 3.8) is 0 Å². The summed E-state index contributed by atoms with van der Waals surface area (Å²) in [6.45, 7) is 6.79. The molecular weight excluding hydrogens is 298 g/mol. The highest BCUT2D eigenvalue weighted by Crippen LogP contribution is 2.29. The molecule has 2 rings (SSSR count). The second-order valence-electron chi connectivity index (χ2n) is 6.08. The van der Waals surface area contributed by atoms with Crippen LogP contribution in [0.3, 0.4) is 0 Å². The summed E-state index contributed by atoms with van der Waals surface area (Å²) in [5.74, 6) is 1.58. The number of rotatable bonds is 10. The van der Waals surface area contributed by atoms with Crippen molar-refractivity contribution < 1.29 is 9.47 Å². The first-order valence-corrected chi connectivity index (χ1v) is 8.79. The molecule has 3 heteroatoms. The van der Waals surface area contributed by atoms with E-state index in [9.17, 15) is 0 Å². The maximum Gasteiger partial charge on any atom is 0.161 e. The molecule has 0 atom stereocenters. The fourth-order valence-corrected chi connectivity index (χ4v) is 2.60. The molecule has 2 aromatic carbocycles. The van der Waals surface area contributed by atoms with Crippen LogP contribution in [0, 0.1) is 6.92 Å². The number of nitrogens with one attached hydrogen (secondary N) is 1. The van der Waals surface area contributed by atoms with E-state index in [0.717, 1.165) is 24.6 Å². The highest BCUT2D eigenvalue weighted by molar-refractivity contribution is 5.43. The van der Waals surface area contributed by atoms with Crippen LogP contribution in [0.2, 0.25) is 0 Å². The van der Waals surface area contributed by atoms with Crippen molar-refractivity contribution in [1.82, 2.24) is 5.32 Å². The average molecular weight is 327 g/mol. The molecule has 0 bridgehead atoms. The van der Waals surface area contributed by atoms with Crippen LogP contribution in [0.5, 0.6) is 11.5 Å². The number of aryl methyl sites for hydroxylation is 1. The molecule has 24 heavy (non-hydrogen) atoms. The molecule has 0 aliphatic heterocycles. The van der Waals surface area contributed by atoms with E-state index >= 15 is 0 Å². The predicted molar refractivity (Wildman–Crippen MR) is 99.7 cm³/mol. The molecule has 0 aromatic heterocycles. The zero-order valence-corrected chi connectivity index (χ0v) is 15.1. The van der Waals surface area contributed by atoms with Gasteiger partial charge in [-0.3, -0.25) is 0 Å². The Hall–Kier alpha value is -2.00. The average Bonchev–Trinajstić information content (AvgIpc) is 2.61. The highest BCUT2D eigenvalue weighted by Gasteiger charge is 2.07. The lowest BCUT2D eigenvalue weighted by Gasteiger charge is -2.13. The van der Waals surface area contributed by atoms with Gasteiger partial charge in [-0.15, -0.1) is 0 Å². The lowest BCUT2D eigenvalue weighted by molar-refractivity contribution is 0.283. The Balaban J connectivity index is 1.92. The molecule has 0 heterocycles. The molecule has 0 unspecified atom stereocenters. The highest BCUT2D eigenvalue weighted by atomic mass is 16.5. The summed E-state index contributed by atoms with van der Waals surface area (Å²) in [5.41, 5.74) is 3.65. The number of ether oxygens (including phenoxy) is 2. The van der Waals surface area contributed by atoms with Crippen molar-refractivity contribution in [3.8, 4) is 11.5 Å². The van der Waals surface area contributed by atoms with E-state index in [1.807, 2.05) is 18.2 Å². The molecule has 0 saturated carbocycles. The quantitative estimate of drug-likeness (QED) is 0.632. The van der Waals surface area contributed by atoms with Crippen LogP contribution >= 0.6 is 0 Å². The molecule has 0 aliphatic carbocycles. The summed E-state index contributed by atoms with van der Waals surface area (Å²) < 4.78 is 11.5. The molecule has 0 aliphatic rings. The van der Waals surface area contributed by atoms with Gasteiger partial charge >= 0.3 is 0 Å². The Morgan fingerprint density at radius 1 is 1.00 bits per heavy atom. The Bertz CT molecular complexity index is 625. The number of hydrogen-bond donors (Lipinski definition) is 1. The second kappa shape index (κ2) is 9.99. The van der Waals surface area contributed by atoms with Crippen LogP contribution in [-0.4, -0.2) is 13.7 Å². The van der Waals surface area contributed by atoms with Gasteiger partial charge in [0.2, 0.25) is 0 Å². The Labute approximate surface area is 146 Å². The van der Waals surface area contributed by atoms with Gasteiger partial charge in [0.15, 0.2) is 11.5 Å². The fraction of sp³-hybridized carbons (Fsp3) is 0.429. The third-order valence-corrected chi connectivity index (χ3v) is 4.16. The molecule has 0 saturated heterocycles. The van der Waals surface area contributed by atoms with Gasteiger partial charge in [0, 0.05) is 6.54 Å². The van der Waals surface area contributed by atoms with Crippen molar-refractivity contribution in [3.05, 3.63) is 59.2 Å². The maximum atomic E-state index is 5.96. The molecule has 3 nitrogen and oxygen atoms in total. The number of benzene rings is 2. The summed E-state index contributed by atoms with van der Waals surface area (Å²) >= 11 is 0. The maximum absolute atomic E-state index is 5.96. The summed E-state index contributed by atoms with van der Waals surface area (Å²) in [6.07, 6.45) is 3.76. The van der Waals surface area contributed by atoms with Crippen molar-refractivity contribution in [1.29, 1.82) is 0 Å². The number of unbranched alkanes of at least 4 members (excludes halogenated alkanes) is 2. The minimum Gasteiger partial charge on any atom is -0.493 e. The van der Waals surface area contributed by atoms with Gasteiger partial charge < -0.3 is 14.8 Å². The first-order chi connectivity index (χ1) is 11.7. The zero-order chi connectivity index (χ0) is 17.2. The van der Waals surface area contributed by atoms with Crippen LogP contribution in [-0.2, 0) is 13.2 Å². The molecule has 0 fully saturated rings. The molecular formula is C21H29NO2. The normalized spacial score (nSPS) is 10.6. The third-order valence-electron chi connectivity index (χ3n) is 4.16. The van der Waals surface area contributed by atoms with E-state index in [-0.39, 0.29) is 0 Å². The second-order valence-corrected chi connectivity index (χ2v) is 6.08. The van der Waals surface area contributed by atoms with Crippen molar-refractivity contribution >= 4 is 0 Å². The topological polar surface area (TPSA) is 30.5 Å². The lowest BCUT2D eigenvalue weighted by atomic mass is 10.1. The van der Waals surface area contributed by atoms with Gasteiger partial charge in [-0.2, -0.15) is 0 Å². The lowest BCUT2D eigenvalue weighted by Crippen LogP contribution is -2.14. The van der Waals surface area contributed by atoms with Crippen molar-refractivity contribution in [2.24, 2.45) is 0 Å². The van der Waals surface area contributed by atoms with Crippen LogP contribution in [0.1, 0.15) is 42.9 Å². The SMILES string of the molecule is CCCCCNCc1ccc(OCc2ccccc2C)c(OC)c1. The van der Waals surface area contributed by atoms with Crippen molar-refractivity contribution in [2.45, 2.75) is 46.3 Å². The van der Waals surface area contributed by atoms with E-state index in [0.29, 0.717) is 6.61 Å². The fourth-order valence-electron chi connectivity index (χ4n) is 2.60. The summed E-state index contributed by atoms with van der Waals surface area (Å²) in [5, 5.41) is 3.48. The predicted octanol–water partition coefficient (Wildman–Crippen LogP) is 4.86. The van der Waals surface area contributed by atoms with Crippen molar-refractivity contribution in [2.75, 3.05) is 13.7 Å². The smallest absolute Gasteiger partial charge is 0.161 e. The minimum atomic E-state index is 0.553. The monoisotopic (exact) mass is 327 g/mol. The first kappa shape index (κ1) is 18.3. The van der Waals surface area contributed by atoms with E-state index in [1.165, 1.54) is 36.0 Å². The number of methoxy groups -OCH3 is 1. The van der Waals surface area contributed by atoms with Gasteiger partial charge in [-0.05, 0) is 48.7 Å². The minimum absolute atomic E-state index is 0.553. The van der Waals surface area contributed by atoms with Gasteiger partial charge in [0.25, 0.3) is 0 Å². The Morgan fingerprint density at radius 2 is 1.83 bits per heavy atom. The Kier molecular flexibility index (Phi) is 7.63. The molecule has 0 amide bonds. The third kappa shape index (κ3) is 5.57. The molecule has 130 valence electrons. The standard InChI is InChI=1S/C21H29NO2/c1-4-5-8-13-22-15-18-11-12-20(21(14-18)23-3)24-16-19-10-7-6-9-17(19)2/h6-7,9-12,14,22H,4-5,8,13,15-16H2,1-3H3.